The maximum absolute atomic E-state index is 10.2. The number of hydrogen-bond acceptors (Lipinski definition) is 6. The Hall–Kier alpha value is -2.28. The lowest BCUT2D eigenvalue weighted by molar-refractivity contribution is 0.0444. The fraction of sp³-hybridized carbons (Fsp3) is 0.500. The van der Waals surface area contributed by atoms with Crippen LogP contribution >= 0.6 is 0 Å². The number of nitrogens with zero attached hydrogens (tertiary/aromatic N) is 2. The minimum Gasteiger partial charge on any atom is -0.493 e. The quantitative estimate of drug-likeness (QED) is 0.755. The molecule has 30 heavy (non-hydrogen) atoms. The van der Waals surface area contributed by atoms with Gasteiger partial charge in [0.05, 0.1) is 27.4 Å². The predicted molar refractivity (Wildman–Crippen MR) is 116 cm³/mol. The third-order valence-corrected chi connectivity index (χ3v) is 6.34. The highest BCUT2D eigenvalue weighted by molar-refractivity contribution is 5.53. The molecule has 2 heterocycles. The largest absolute Gasteiger partial charge is 0.493 e. The molecule has 3 atom stereocenters. The van der Waals surface area contributed by atoms with Crippen molar-refractivity contribution >= 4 is 0 Å². The first-order valence-electron chi connectivity index (χ1n) is 10.6. The lowest BCUT2D eigenvalue weighted by Crippen LogP contribution is -2.56. The van der Waals surface area contributed by atoms with Crippen molar-refractivity contribution in [2.24, 2.45) is 0 Å². The van der Waals surface area contributed by atoms with E-state index in [1.807, 2.05) is 12.1 Å². The van der Waals surface area contributed by atoms with Crippen LogP contribution in [0.25, 0.3) is 0 Å². The SMILES string of the molecule is COc1cc(CN2C[C@@H]3C[C@@H](O)CN3C[C@@H]2Cc2ccccc2)cc(OC)c1OC. The van der Waals surface area contributed by atoms with E-state index in [0.717, 1.165) is 44.6 Å². The molecule has 0 aromatic heterocycles. The van der Waals surface area contributed by atoms with Crippen molar-refractivity contribution in [3.63, 3.8) is 0 Å². The number of piperazine rings is 1. The van der Waals surface area contributed by atoms with Crippen molar-refractivity contribution in [1.82, 2.24) is 9.80 Å². The van der Waals surface area contributed by atoms with E-state index in [1.165, 1.54) is 5.56 Å². The predicted octanol–water partition coefficient (Wildman–Crippen LogP) is 2.57. The van der Waals surface area contributed by atoms with Gasteiger partial charge in [0.1, 0.15) is 0 Å². The molecule has 0 unspecified atom stereocenters. The molecule has 2 fully saturated rings. The van der Waals surface area contributed by atoms with Crippen molar-refractivity contribution < 1.29 is 19.3 Å². The van der Waals surface area contributed by atoms with Crippen LogP contribution < -0.4 is 14.2 Å². The molecule has 2 aliphatic rings. The Balaban J connectivity index is 1.59. The average Bonchev–Trinajstić information content (AvgIpc) is 3.12. The second-order valence-electron chi connectivity index (χ2n) is 8.30. The van der Waals surface area contributed by atoms with Crippen LogP contribution in [-0.2, 0) is 13.0 Å². The Bertz CT molecular complexity index is 819. The first kappa shape index (κ1) is 21.0. The van der Waals surface area contributed by atoms with Crippen molar-refractivity contribution in [3.8, 4) is 17.2 Å². The van der Waals surface area contributed by atoms with Gasteiger partial charge in [-0.3, -0.25) is 9.80 Å². The number of aliphatic hydroxyl groups is 1. The summed E-state index contributed by atoms with van der Waals surface area (Å²) in [5.41, 5.74) is 2.48. The summed E-state index contributed by atoms with van der Waals surface area (Å²) in [6.07, 6.45) is 1.63. The van der Waals surface area contributed by atoms with Gasteiger partial charge < -0.3 is 19.3 Å². The summed E-state index contributed by atoms with van der Waals surface area (Å²) in [6.45, 7) is 3.51. The highest BCUT2D eigenvalue weighted by atomic mass is 16.5. The van der Waals surface area contributed by atoms with Crippen LogP contribution in [0.15, 0.2) is 42.5 Å². The summed E-state index contributed by atoms with van der Waals surface area (Å²) < 4.78 is 16.6. The molecule has 2 aliphatic heterocycles. The lowest BCUT2D eigenvalue weighted by Gasteiger charge is -2.44. The molecule has 0 spiro atoms. The van der Waals surface area contributed by atoms with E-state index in [9.17, 15) is 5.11 Å². The van der Waals surface area contributed by atoms with Gasteiger partial charge in [-0.15, -0.1) is 0 Å². The van der Waals surface area contributed by atoms with Crippen LogP contribution in [0.2, 0.25) is 0 Å². The summed E-state index contributed by atoms with van der Waals surface area (Å²) in [7, 11) is 4.93. The first-order chi connectivity index (χ1) is 14.6. The third-order valence-electron chi connectivity index (χ3n) is 6.34. The summed E-state index contributed by atoms with van der Waals surface area (Å²) in [5, 5.41) is 10.2. The Kier molecular flexibility index (Phi) is 6.46. The van der Waals surface area contributed by atoms with Gasteiger partial charge in [-0.1, -0.05) is 30.3 Å². The van der Waals surface area contributed by atoms with Crippen LogP contribution in [0.3, 0.4) is 0 Å². The number of methoxy groups -OCH3 is 3. The highest BCUT2D eigenvalue weighted by Crippen LogP contribution is 2.39. The molecule has 6 heteroatoms. The van der Waals surface area contributed by atoms with Gasteiger partial charge in [-0.2, -0.15) is 0 Å². The molecule has 0 aliphatic carbocycles. The second-order valence-corrected chi connectivity index (χ2v) is 8.30. The molecule has 6 nitrogen and oxygen atoms in total. The average molecular weight is 413 g/mol. The maximum Gasteiger partial charge on any atom is 0.203 e. The number of aliphatic hydroxyl groups excluding tert-OH is 1. The van der Waals surface area contributed by atoms with Crippen LogP contribution in [0, 0.1) is 0 Å². The first-order valence-corrected chi connectivity index (χ1v) is 10.6. The Morgan fingerprint density at radius 2 is 1.60 bits per heavy atom. The molecule has 0 radical (unpaired) electrons. The Morgan fingerprint density at radius 3 is 2.23 bits per heavy atom. The fourth-order valence-electron chi connectivity index (χ4n) is 4.91. The number of hydrogen-bond donors (Lipinski definition) is 1. The van der Waals surface area contributed by atoms with E-state index in [2.05, 4.69) is 40.1 Å². The van der Waals surface area contributed by atoms with Crippen molar-refractivity contribution in [2.75, 3.05) is 41.0 Å². The number of benzene rings is 2. The van der Waals surface area contributed by atoms with E-state index in [0.29, 0.717) is 29.3 Å². The normalized spacial score (nSPS) is 24.5. The smallest absolute Gasteiger partial charge is 0.203 e. The van der Waals surface area contributed by atoms with Crippen LogP contribution in [0.5, 0.6) is 17.2 Å². The number of ether oxygens (including phenoxy) is 3. The van der Waals surface area contributed by atoms with E-state index in [4.69, 9.17) is 14.2 Å². The fourth-order valence-corrected chi connectivity index (χ4v) is 4.91. The minimum absolute atomic E-state index is 0.214. The van der Waals surface area contributed by atoms with Crippen molar-refractivity contribution in [2.45, 2.75) is 37.6 Å². The summed E-state index contributed by atoms with van der Waals surface area (Å²) >= 11 is 0. The molecule has 0 saturated carbocycles. The molecule has 1 N–H and O–H groups in total. The molecule has 2 aromatic rings. The Labute approximate surface area is 179 Å². The molecule has 4 rings (SSSR count). The van der Waals surface area contributed by atoms with Gasteiger partial charge in [0.15, 0.2) is 11.5 Å². The van der Waals surface area contributed by atoms with Gasteiger partial charge in [-0.25, -0.2) is 0 Å². The molecule has 0 bridgehead atoms. The van der Waals surface area contributed by atoms with Crippen LogP contribution in [0.4, 0.5) is 0 Å². The van der Waals surface area contributed by atoms with Gasteiger partial charge in [0, 0.05) is 38.3 Å². The van der Waals surface area contributed by atoms with Crippen molar-refractivity contribution in [3.05, 3.63) is 53.6 Å². The van der Waals surface area contributed by atoms with Gasteiger partial charge in [-0.05, 0) is 36.1 Å². The minimum atomic E-state index is -0.214. The zero-order valence-corrected chi connectivity index (χ0v) is 18.1. The third kappa shape index (κ3) is 4.41. The monoisotopic (exact) mass is 412 g/mol. The zero-order chi connectivity index (χ0) is 21.1. The maximum atomic E-state index is 10.2. The summed E-state index contributed by atoms with van der Waals surface area (Å²) in [4.78, 5) is 5.01. The van der Waals surface area contributed by atoms with Gasteiger partial charge >= 0.3 is 0 Å². The lowest BCUT2D eigenvalue weighted by atomic mass is 9.99. The van der Waals surface area contributed by atoms with Gasteiger partial charge in [0.2, 0.25) is 5.75 Å². The Morgan fingerprint density at radius 1 is 0.900 bits per heavy atom. The highest BCUT2D eigenvalue weighted by Gasteiger charge is 2.39. The number of rotatable bonds is 7. The molecule has 2 aromatic carbocycles. The number of fused-ring (bicyclic) bond motifs is 1. The molecule has 0 amide bonds. The standard InChI is InChI=1S/C24H32N2O4/c1-28-22-10-18(11-23(29-2)24(22)30-3)13-25-15-20-12-21(27)16-26(20)14-19(25)9-17-7-5-4-6-8-17/h4-8,10-11,19-21,27H,9,12-16H2,1-3H3/t19-,20-,21+/m0/s1. The summed E-state index contributed by atoms with van der Waals surface area (Å²) in [5.74, 6) is 1.98. The topological polar surface area (TPSA) is 54.4 Å². The zero-order valence-electron chi connectivity index (χ0n) is 18.1. The molecular formula is C24H32N2O4. The van der Waals surface area contributed by atoms with Crippen molar-refractivity contribution in [1.29, 1.82) is 0 Å². The van der Waals surface area contributed by atoms with E-state index >= 15 is 0 Å². The van der Waals surface area contributed by atoms with E-state index < -0.39 is 0 Å². The summed E-state index contributed by atoms with van der Waals surface area (Å²) in [6, 6.07) is 15.5. The molecular weight excluding hydrogens is 380 g/mol. The molecule has 162 valence electrons. The van der Waals surface area contributed by atoms with Gasteiger partial charge in [0.25, 0.3) is 0 Å². The van der Waals surface area contributed by atoms with Crippen LogP contribution in [0.1, 0.15) is 17.5 Å². The van der Waals surface area contributed by atoms with E-state index in [-0.39, 0.29) is 6.10 Å². The second kappa shape index (κ2) is 9.25. The molecule has 2 saturated heterocycles. The van der Waals surface area contributed by atoms with Crippen LogP contribution in [-0.4, -0.2) is 74.1 Å². The van der Waals surface area contributed by atoms with E-state index in [1.54, 1.807) is 21.3 Å².